The summed E-state index contributed by atoms with van der Waals surface area (Å²) in [5.74, 6) is 2.05. The molecule has 0 amide bonds. The molecule has 0 unspecified atom stereocenters. The molecular weight excluding hydrogens is 296 g/mol. The van der Waals surface area contributed by atoms with Crippen molar-refractivity contribution in [2.24, 2.45) is 0 Å². The molecule has 0 bridgehead atoms. The number of aryl methyl sites for hydroxylation is 2. The summed E-state index contributed by atoms with van der Waals surface area (Å²) in [4.78, 5) is 42.5. The van der Waals surface area contributed by atoms with Gasteiger partial charge in [-0.25, -0.2) is 0 Å². The van der Waals surface area contributed by atoms with Crippen molar-refractivity contribution >= 4 is 23.1 Å². The zero-order valence-electron chi connectivity index (χ0n) is 14.4. The molecule has 0 fully saturated rings. The molecule has 0 aliphatic rings. The van der Waals surface area contributed by atoms with E-state index >= 15 is 0 Å². The molecule has 5 nitrogen and oxygen atoms in total. The lowest BCUT2D eigenvalue weighted by molar-refractivity contribution is -0.125. The summed E-state index contributed by atoms with van der Waals surface area (Å²) in [6.45, 7) is 6.41. The largest absolute Gasteiger partial charge is 0.466 e. The van der Waals surface area contributed by atoms with Gasteiger partial charge in [0.25, 0.3) is 0 Å². The highest BCUT2D eigenvalue weighted by Gasteiger charge is 2.04. The van der Waals surface area contributed by atoms with Gasteiger partial charge in [0.2, 0.25) is 0 Å². The lowest BCUT2D eigenvalue weighted by atomic mass is 10.1. The summed E-state index contributed by atoms with van der Waals surface area (Å²) in [6, 6.07) is 3.83. The molecule has 1 rings (SSSR count). The average molecular weight is 322 g/mol. The van der Waals surface area contributed by atoms with Gasteiger partial charge in [0.15, 0.2) is 0 Å². The van der Waals surface area contributed by atoms with Crippen molar-refractivity contribution in [3.05, 3.63) is 23.7 Å². The number of hydrogen-bond donors (Lipinski definition) is 0. The zero-order valence-corrected chi connectivity index (χ0v) is 14.4. The van der Waals surface area contributed by atoms with Crippen LogP contribution in [0.4, 0.5) is 0 Å². The molecule has 1 heterocycles. The third-order valence-electron chi connectivity index (χ3n) is 3.03. The second-order valence-electron chi connectivity index (χ2n) is 5.66. The van der Waals surface area contributed by atoms with Crippen molar-refractivity contribution in [3.63, 3.8) is 0 Å². The number of furan rings is 1. The van der Waals surface area contributed by atoms with Crippen LogP contribution in [0.2, 0.25) is 0 Å². The van der Waals surface area contributed by atoms with Crippen molar-refractivity contribution in [1.82, 2.24) is 0 Å². The molecule has 0 atom stereocenters. The second kappa shape index (κ2) is 11.5. The lowest BCUT2D eigenvalue weighted by Gasteiger charge is -1.95. The van der Waals surface area contributed by atoms with Gasteiger partial charge < -0.3 is 18.8 Å². The Labute approximate surface area is 137 Å². The Morgan fingerprint density at radius 1 is 0.783 bits per heavy atom. The van der Waals surface area contributed by atoms with Crippen molar-refractivity contribution in [2.75, 3.05) is 0 Å². The van der Waals surface area contributed by atoms with Gasteiger partial charge in [-0.1, -0.05) is 0 Å². The molecule has 0 aliphatic carbocycles. The third-order valence-corrected chi connectivity index (χ3v) is 3.03. The van der Waals surface area contributed by atoms with Crippen LogP contribution < -0.4 is 0 Å². The molecule has 128 valence electrons. The van der Waals surface area contributed by atoms with Crippen LogP contribution in [-0.4, -0.2) is 23.1 Å². The van der Waals surface area contributed by atoms with E-state index in [0.717, 1.165) is 17.9 Å². The van der Waals surface area contributed by atoms with Crippen LogP contribution in [0.25, 0.3) is 0 Å². The number of carbonyl (C=O) groups excluding carboxylic acids is 4. The summed E-state index contributed by atoms with van der Waals surface area (Å²) in [7, 11) is 0. The number of hydrogen-bond acceptors (Lipinski definition) is 5. The highest BCUT2D eigenvalue weighted by Crippen LogP contribution is 2.08. The minimum absolute atomic E-state index is 0.000370. The van der Waals surface area contributed by atoms with Crippen LogP contribution in [0.15, 0.2) is 16.5 Å². The van der Waals surface area contributed by atoms with Gasteiger partial charge in [0, 0.05) is 38.5 Å². The van der Waals surface area contributed by atoms with E-state index < -0.39 is 0 Å². The van der Waals surface area contributed by atoms with E-state index in [1.54, 1.807) is 6.92 Å². The van der Waals surface area contributed by atoms with Crippen LogP contribution >= 0.6 is 0 Å². The predicted octanol–water partition coefficient (Wildman–Crippen LogP) is 3.40. The third kappa shape index (κ3) is 13.4. The van der Waals surface area contributed by atoms with Crippen LogP contribution in [0.5, 0.6) is 0 Å². The Morgan fingerprint density at radius 2 is 1.26 bits per heavy atom. The molecule has 1 aromatic rings. The standard InChI is InChI=1S/C9H14O3.C9H12O2/c1-7(10)3-5-9(12)6-4-8(2)11;1-7(10)3-5-9-6-4-8(2)11-9/h3-6H2,1-2H3;4,6H,3,5H2,1-2H3. The summed E-state index contributed by atoms with van der Waals surface area (Å²) in [5.41, 5.74) is 0. The molecule has 0 saturated heterocycles. The highest BCUT2D eigenvalue weighted by atomic mass is 16.3. The van der Waals surface area contributed by atoms with Gasteiger partial charge >= 0.3 is 0 Å². The minimum Gasteiger partial charge on any atom is -0.466 e. The number of rotatable bonds is 9. The van der Waals surface area contributed by atoms with Crippen LogP contribution in [0.3, 0.4) is 0 Å². The van der Waals surface area contributed by atoms with Crippen LogP contribution in [0, 0.1) is 6.92 Å². The topological polar surface area (TPSA) is 81.4 Å². The van der Waals surface area contributed by atoms with E-state index in [1.165, 1.54) is 13.8 Å². The quantitative estimate of drug-likeness (QED) is 0.696. The maximum atomic E-state index is 10.9. The van der Waals surface area contributed by atoms with Crippen molar-refractivity contribution < 1.29 is 23.6 Å². The van der Waals surface area contributed by atoms with Crippen molar-refractivity contribution in [2.45, 2.75) is 66.2 Å². The average Bonchev–Trinajstić information content (AvgIpc) is 2.87. The monoisotopic (exact) mass is 322 g/mol. The van der Waals surface area contributed by atoms with Gasteiger partial charge in [0.1, 0.15) is 34.7 Å². The van der Waals surface area contributed by atoms with Crippen LogP contribution in [0.1, 0.15) is 64.4 Å². The van der Waals surface area contributed by atoms with Gasteiger partial charge in [-0.05, 0) is 39.8 Å². The SMILES string of the molecule is CC(=O)CCC(=O)CCC(C)=O.CC(=O)CCc1ccc(C)o1. The maximum Gasteiger partial charge on any atom is 0.133 e. The Hall–Kier alpha value is -2.04. The molecule has 0 aromatic carbocycles. The molecule has 1 aromatic heterocycles. The smallest absolute Gasteiger partial charge is 0.133 e. The molecule has 5 heteroatoms. The molecule has 23 heavy (non-hydrogen) atoms. The second-order valence-corrected chi connectivity index (χ2v) is 5.66. The van der Waals surface area contributed by atoms with E-state index in [1.807, 2.05) is 19.1 Å². The summed E-state index contributed by atoms with van der Waals surface area (Å²) in [6.07, 6.45) is 2.47. The number of ketones is 4. The van der Waals surface area contributed by atoms with Gasteiger partial charge in [-0.2, -0.15) is 0 Å². The lowest BCUT2D eigenvalue weighted by Crippen LogP contribution is -2.03. The predicted molar refractivity (Wildman–Crippen MR) is 87.3 cm³/mol. The van der Waals surface area contributed by atoms with Gasteiger partial charge in [0.05, 0.1) is 0 Å². The Kier molecular flexibility index (Phi) is 10.5. The van der Waals surface area contributed by atoms with Crippen molar-refractivity contribution in [3.8, 4) is 0 Å². The molecule has 0 aliphatic heterocycles. The fourth-order valence-electron chi connectivity index (χ4n) is 1.67. The summed E-state index contributed by atoms with van der Waals surface area (Å²) in [5, 5.41) is 0. The van der Waals surface area contributed by atoms with Crippen LogP contribution in [-0.2, 0) is 25.6 Å². The minimum atomic E-state index is 0.000370. The zero-order chi connectivity index (χ0) is 17.8. The summed E-state index contributed by atoms with van der Waals surface area (Å²) < 4.78 is 5.28. The first-order valence-electron chi connectivity index (χ1n) is 7.76. The fourth-order valence-corrected chi connectivity index (χ4v) is 1.67. The summed E-state index contributed by atoms with van der Waals surface area (Å²) >= 11 is 0. The highest BCUT2D eigenvalue weighted by molar-refractivity contribution is 5.87. The Morgan fingerprint density at radius 3 is 1.61 bits per heavy atom. The molecular formula is C18H26O5. The first kappa shape index (κ1) is 21.0. The fraction of sp³-hybridized carbons (Fsp3) is 0.556. The number of carbonyl (C=O) groups is 4. The Balaban J connectivity index is 0.000000422. The van der Waals surface area contributed by atoms with Gasteiger partial charge in [-0.3, -0.25) is 4.79 Å². The molecule has 0 saturated carbocycles. The number of Topliss-reactive ketones (excluding diaryl/α,β-unsaturated/α-hetero) is 4. The maximum absolute atomic E-state index is 10.9. The first-order valence-corrected chi connectivity index (χ1v) is 7.76. The van der Waals surface area contributed by atoms with E-state index in [2.05, 4.69) is 0 Å². The Bertz CT molecular complexity index is 519. The molecule has 0 spiro atoms. The van der Waals surface area contributed by atoms with Gasteiger partial charge in [-0.15, -0.1) is 0 Å². The molecule has 0 N–H and O–H groups in total. The first-order chi connectivity index (χ1) is 10.7. The normalized spacial score (nSPS) is 9.74. The van der Waals surface area contributed by atoms with E-state index in [4.69, 9.17) is 4.42 Å². The van der Waals surface area contributed by atoms with E-state index in [-0.39, 0.29) is 36.0 Å². The van der Waals surface area contributed by atoms with Crippen molar-refractivity contribution in [1.29, 1.82) is 0 Å². The van der Waals surface area contributed by atoms with E-state index in [0.29, 0.717) is 19.3 Å². The van der Waals surface area contributed by atoms with E-state index in [9.17, 15) is 19.2 Å². The molecule has 0 radical (unpaired) electrons.